The summed E-state index contributed by atoms with van der Waals surface area (Å²) in [5.41, 5.74) is 0.148. The Bertz CT molecular complexity index is 317. The van der Waals surface area contributed by atoms with Crippen molar-refractivity contribution in [2.45, 2.75) is 13.3 Å². The van der Waals surface area contributed by atoms with Crippen molar-refractivity contribution in [3.05, 3.63) is 22.3 Å². The molecule has 0 unspecified atom stereocenters. The molecule has 1 aromatic rings. The molecule has 0 saturated carbocycles. The van der Waals surface area contributed by atoms with E-state index in [0.717, 1.165) is 6.20 Å². The molecule has 0 amide bonds. The summed E-state index contributed by atoms with van der Waals surface area (Å²) in [4.78, 5) is 3.64. The Morgan fingerprint density at radius 3 is 2.62 bits per heavy atom. The van der Waals surface area contributed by atoms with Crippen LogP contribution in [0.2, 0.25) is 5.02 Å². The van der Waals surface area contributed by atoms with Crippen LogP contribution in [0.4, 0.5) is 8.78 Å². The predicted octanol–water partition coefficient (Wildman–Crippen LogP) is 2.99. The molecular weight excluding hydrogens is 200 g/mol. The summed E-state index contributed by atoms with van der Waals surface area (Å²) in [5.74, 6) is 0.170. The molecule has 0 aliphatic carbocycles. The number of hydrogen-bond donors (Lipinski definition) is 0. The van der Waals surface area contributed by atoms with E-state index in [4.69, 9.17) is 16.3 Å². The van der Waals surface area contributed by atoms with Crippen molar-refractivity contribution in [1.29, 1.82) is 0 Å². The molecule has 0 spiro atoms. The summed E-state index contributed by atoms with van der Waals surface area (Å²) in [6.07, 6.45) is -1.49. The third kappa shape index (κ3) is 1.88. The number of methoxy groups -OCH3 is 1. The zero-order valence-electron chi connectivity index (χ0n) is 7.14. The van der Waals surface area contributed by atoms with E-state index >= 15 is 0 Å². The number of nitrogens with zero attached hydrogens (tertiary/aromatic N) is 1. The van der Waals surface area contributed by atoms with Gasteiger partial charge in [-0.15, -0.1) is 0 Å². The van der Waals surface area contributed by atoms with Crippen LogP contribution in [0.1, 0.15) is 17.6 Å². The molecule has 1 rings (SSSR count). The molecule has 1 aromatic heterocycles. The molecule has 0 radical (unpaired) electrons. The van der Waals surface area contributed by atoms with Crippen molar-refractivity contribution in [2.75, 3.05) is 7.11 Å². The highest BCUT2D eigenvalue weighted by Crippen LogP contribution is 2.31. The van der Waals surface area contributed by atoms with Crippen LogP contribution in [0.5, 0.6) is 5.88 Å². The van der Waals surface area contributed by atoms with Crippen molar-refractivity contribution in [2.24, 2.45) is 0 Å². The van der Waals surface area contributed by atoms with Crippen LogP contribution in [0.15, 0.2) is 6.20 Å². The van der Waals surface area contributed by atoms with E-state index in [0.29, 0.717) is 5.56 Å². The third-order valence-electron chi connectivity index (χ3n) is 1.70. The van der Waals surface area contributed by atoms with E-state index in [1.165, 1.54) is 14.0 Å². The number of ether oxygens (including phenoxy) is 1. The van der Waals surface area contributed by atoms with Crippen LogP contribution in [0.25, 0.3) is 0 Å². The zero-order valence-corrected chi connectivity index (χ0v) is 7.90. The molecule has 0 aromatic carbocycles. The fraction of sp³-hybridized carbons (Fsp3) is 0.375. The van der Waals surface area contributed by atoms with Gasteiger partial charge < -0.3 is 4.74 Å². The average Bonchev–Trinajstić information content (AvgIpc) is 2.09. The Morgan fingerprint density at radius 2 is 2.15 bits per heavy atom. The highest BCUT2D eigenvalue weighted by atomic mass is 35.5. The van der Waals surface area contributed by atoms with Crippen molar-refractivity contribution in [1.82, 2.24) is 4.98 Å². The number of rotatable bonds is 2. The van der Waals surface area contributed by atoms with Gasteiger partial charge in [0.2, 0.25) is 5.88 Å². The molecule has 2 nitrogen and oxygen atoms in total. The van der Waals surface area contributed by atoms with Gasteiger partial charge in [-0.2, -0.15) is 0 Å². The normalized spacial score (nSPS) is 10.6. The quantitative estimate of drug-likeness (QED) is 0.744. The molecule has 0 fully saturated rings. The van der Waals surface area contributed by atoms with E-state index < -0.39 is 6.43 Å². The second-order valence-corrected chi connectivity index (χ2v) is 2.84. The van der Waals surface area contributed by atoms with Crippen molar-refractivity contribution < 1.29 is 13.5 Å². The van der Waals surface area contributed by atoms with Gasteiger partial charge in [-0.3, -0.25) is 0 Å². The molecule has 5 heteroatoms. The Kier molecular flexibility index (Phi) is 3.03. The average molecular weight is 208 g/mol. The van der Waals surface area contributed by atoms with Gasteiger partial charge in [0.25, 0.3) is 6.43 Å². The Labute approximate surface area is 79.5 Å². The van der Waals surface area contributed by atoms with Gasteiger partial charge in [0.1, 0.15) is 5.02 Å². The molecule has 0 aliphatic heterocycles. The van der Waals surface area contributed by atoms with Crippen LogP contribution >= 0.6 is 11.6 Å². The summed E-state index contributed by atoms with van der Waals surface area (Å²) in [6.45, 7) is 1.51. The van der Waals surface area contributed by atoms with Crippen LogP contribution in [0, 0.1) is 6.92 Å². The van der Waals surface area contributed by atoms with E-state index in [2.05, 4.69) is 4.98 Å². The van der Waals surface area contributed by atoms with Crippen LogP contribution in [-0.2, 0) is 0 Å². The Morgan fingerprint density at radius 1 is 1.54 bits per heavy atom. The first-order valence-electron chi connectivity index (χ1n) is 3.55. The largest absolute Gasteiger partial charge is 0.480 e. The van der Waals surface area contributed by atoms with Gasteiger partial charge in [0.15, 0.2) is 0 Å². The lowest BCUT2D eigenvalue weighted by Crippen LogP contribution is -1.96. The summed E-state index contributed by atoms with van der Waals surface area (Å²) < 4.78 is 29.4. The van der Waals surface area contributed by atoms with Gasteiger partial charge in [0.05, 0.1) is 7.11 Å². The molecule has 13 heavy (non-hydrogen) atoms. The number of hydrogen-bond acceptors (Lipinski definition) is 2. The fourth-order valence-electron chi connectivity index (χ4n) is 0.931. The maximum Gasteiger partial charge on any atom is 0.265 e. The minimum Gasteiger partial charge on any atom is -0.480 e. The van der Waals surface area contributed by atoms with Gasteiger partial charge in [0, 0.05) is 11.8 Å². The summed E-state index contributed by atoms with van der Waals surface area (Å²) >= 11 is 5.72. The minimum absolute atomic E-state index is 0.139. The first-order valence-corrected chi connectivity index (χ1v) is 3.92. The third-order valence-corrected chi connectivity index (χ3v) is 2.14. The Balaban J connectivity index is 3.23. The SMILES string of the molecule is COc1ncc(C(F)F)c(C)c1Cl. The van der Waals surface area contributed by atoms with Gasteiger partial charge >= 0.3 is 0 Å². The summed E-state index contributed by atoms with van der Waals surface area (Å²) in [7, 11) is 1.38. The van der Waals surface area contributed by atoms with E-state index in [1.807, 2.05) is 0 Å². The molecule has 0 N–H and O–H groups in total. The van der Waals surface area contributed by atoms with E-state index in [1.54, 1.807) is 0 Å². The fourth-order valence-corrected chi connectivity index (χ4v) is 1.17. The summed E-state index contributed by atoms with van der Waals surface area (Å²) in [5, 5.41) is 0.139. The lowest BCUT2D eigenvalue weighted by molar-refractivity contribution is 0.150. The highest BCUT2D eigenvalue weighted by molar-refractivity contribution is 6.32. The lowest BCUT2D eigenvalue weighted by atomic mass is 10.2. The second kappa shape index (κ2) is 3.87. The van der Waals surface area contributed by atoms with Crippen LogP contribution in [-0.4, -0.2) is 12.1 Å². The maximum absolute atomic E-state index is 12.3. The number of halogens is 3. The topological polar surface area (TPSA) is 22.1 Å². The standard InChI is InChI=1S/C8H8ClF2NO/c1-4-5(7(10)11)3-12-8(13-2)6(4)9/h3,7H,1-2H3. The highest BCUT2D eigenvalue weighted by Gasteiger charge is 2.16. The van der Waals surface area contributed by atoms with Crippen molar-refractivity contribution in [3.8, 4) is 5.88 Å². The number of alkyl halides is 2. The van der Waals surface area contributed by atoms with Gasteiger partial charge in [-0.1, -0.05) is 11.6 Å². The molecular formula is C8H8ClF2NO. The molecule has 1 heterocycles. The molecule has 0 atom stereocenters. The van der Waals surface area contributed by atoms with Gasteiger partial charge in [-0.05, 0) is 12.5 Å². The molecule has 72 valence electrons. The number of aromatic nitrogens is 1. The predicted molar refractivity (Wildman–Crippen MR) is 45.5 cm³/mol. The van der Waals surface area contributed by atoms with Crippen molar-refractivity contribution >= 4 is 11.6 Å². The smallest absolute Gasteiger partial charge is 0.265 e. The molecule has 0 saturated heterocycles. The maximum atomic E-state index is 12.3. The van der Waals surface area contributed by atoms with Crippen LogP contribution in [0.3, 0.4) is 0 Å². The van der Waals surface area contributed by atoms with E-state index in [9.17, 15) is 8.78 Å². The second-order valence-electron chi connectivity index (χ2n) is 2.46. The summed E-state index contributed by atoms with van der Waals surface area (Å²) in [6, 6.07) is 0. The van der Waals surface area contributed by atoms with Crippen molar-refractivity contribution in [3.63, 3.8) is 0 Å². The first-order chi connectivity index (χ1) is 6.07. The zero-order chi connectivity index (χ0) is 10.0. The lowest BCUT2D eigenvalue weighted by Gasteiger charge is -2.08. The monoisotopic (exact) mass is 207 g/mol. The Hall–Kier alpha value is -0.900. The van der Waals surface area contributed by atoms with Gasteiger partial charge in [-0.25, -0.2) is 13.8 Å². The minimum atomic E-state index is -2.56. The van der Waals surface area contributed by atoms with Crippen LogP contribution < -0.4 is 4.74 Å². The first kappa shape index (κ1) is 10.2. The molecule has 0 aliphatic rings. The molecule has 0 bridgehead atoms. The number of pyridine rings is 1. The van der Waals surface area contributed by atoms with E-state index in [-0.39, 0.29) is 16.5 Å².